The van der Waals surface area contributed by atoms with Crippen LogP contribution in [0.1, 0.15) is 26.7 Å². The Hall–Kier alpha value is -1.45. The minimum atomic E-state index is 0.497. The summed E-state index contributed by atoms with van der Waals surface area (Å²) in [4.78, 5) is 6.74. The van der Waals surface area contributed by atoms with E-state index in [0.29, 0.717) is 18.0 Å². The molecule has 0 aromatic carbocycles. The van der Waals surface area contributed by atoms with Crippen molar-refractivity contribution < 1.29 is 4.74 Å². The summed E-state index contributed by atoms with van der Waals surface area (Å²) >= 11 is 0. The SMILES string of the molecule is COc1ccc(N)c(N2C(C)CCC2C)n1. The van der Waals surface area contributed by atoms with Crippen LogP contribution in [0, 0.1) is 0 Å². The maximum atomic E-state index is 5.99. The van der Waals surface area contributed by atoms with Crippen LogP contribution in [0.3, 0.4) is 0 Å². The molecule has 1 aromatic heterocycles. The maximum Gasteiger partial charge on any atom is 0.215 e. The predicted molar refractivity (Wildman–Crippen MR) is 65.8 cm³/mol. The molecule has 0 radical (unpaired) electrons. The van der Waals surface area contributed by atoms with Crippen molar-refractivity contribution in [1.29, 1.82) is 0 Å². The van der Waals surface area contributed by atoms with Crippen LogP contribution in [0.4, 0.5) is 11.5 Å². The summed E-state index contributed by atoms with van der Waals surface area (Å²) < 4.78 is 5.15. The molecule has 2 unspecified atom stereocenters. The lowest BCUT2D eigenvalue weighted by Gasteiger charge is -2.28. The first-order valence-corrected chi connectivity index (χ1v) is 5.72. The quantitative estimate of drug-likeness (QED) is 0.830. The lowest BCUT2D eigenvalue weighted by atomic mass is 10.2. The van der Waals surface area contributed by atoms with Gasteiger partial charge in [-0.25, -0.2) is 0 Å². The highest BCUT2D eigenvalue weighted by atomic mass is 16.5. The largest absolute Gasteiger partial charge is 0.481 e. The van der Waals surface area contributed by atoms with Crippen molar-refractivity contribution in [3.8, 4) is 5.88 Å². The smallest absolute Gasteiger partial charge is 0.215 e. The molecule has 1 aromatic rings. The normalized spacial score (nSPS) is 24.8. The van der Waals surface area contributed by atoms with Crippen LogP contribution < -0.4 is 15.4 Å². The van der Waals surface area contributed by atoms with Crippen LogP contribution in [0.5, 0.6) is 5.88 Å². The fraction of sp³-hybridized carbons (Fsp3) is 0.583. The van der Waals surface area contributed by atoms with Crippen molar-refractivity contribution in [3.05, 3.63) is 12.1 Å². The van der Waals surface area contributed by atoms with Crippen LogP contribution in [0.15, 0.2) is 12.1 Å². The van der Waals surface area contributed by atoms with Crippen molar-refractivity contribution in [2.45, 2.75) is 38.8 Å². The standard InChI is InChI=1S/C12H19N3O/c1-8-4-5-9(2)15(8)12-10(13)6-7-11(14-12)16-3/h6-9H,4-5,13H2,1-3H3. The van der Waals surface area contributed by atoms with E-state index in [1.165, 1.54) is 12.8 Å². The summed E-state index contributed by atoms with van der Waals surface area (Å²) in [5.41, 5.74) is 6.71. The molecular weight excluding hydrogens is 202 g/mol. The number of hydrogen-bond donors (Lipinski definition) is 1. The summed E-state index contributed by atoms with van der Waals surface area (Å²) in [5, 5.41) is 0. The number of pyridine rings is 1. The Bertz CT molecular complexity index is 371. The average Bonchev–Trinajstić information content (AvgIpc) is 2.60. The number of rotatable bonds is 2. The molecule has 1 saturated heterocycles. The molecule has 88 valence electrons. The van der Waals surface area contributed by atoms with Gasteiger partial charge in [-0.2, -0.15) is 4.98 Å². The lowest BCUT2D eigenvalue weighted by molar-refractivity contribution is 0.397. The molecular formula is C12H19N3O. The Kier molecular flexibility index (Phi) is 2.90. The summed E-state index contributed by atoms with van der Waals surface area (Å²) in [6, 6.07) is 4.65. The van der Waals surface area contributed by atoms with E-state index < -0.39 is 0 Å². The zero-order valence-corrected chi connectivity index (χ0v) is 10.1. The Morgan fingerprint density at radius 2 is 1.94 bits per heavy atom. The first kappa shape index (κ1) is 11.0. The molecule has 1 aliphatic rings. The Labute approximate surface area is 96.4 Å². The molecule has 0 amide bonds. The van der Waals surface area contributed by atoms with E-state index in [-0.39, 0.29) is 0 Å². The molecule has 2 heterocycles. The zero-order valence-electron chi connectivity index (χ0n) is 10.1. The molecule has 0 bridgehead atoms. The molecule has 2 rings (SSSR count). The predicted octanol–water partition coefficient (Wildman–Crippen LogP) is 2.05. The van der Waals surface area contributed by atoms with Crippen molar-refractivity contribution >= 4 is 11.5 Å². The zero-order chi connectivity index (χ0) is 11.7. The second-order valence-electron chi connectivity index (χ2n) is 4.45. The molecule has 1 aliphatic heterocycles. The van der Waals surface area contributed by atoms with Gasteiger partial charge in [0.1, 0.15) is 0 Å². The Balaban J connectivity index is 2.38. The fourth-order valence-corrected chi connectivity index (χ4v) is 2.37. The summed E-state index contributed by atoms with van der Waals surface area (Å²) in [6.45, 7) is 4.42. The van der Waals surface area contributed by atoms with Crippen LogP contribution in [-0.2, 0) is 0 Å². The molecule has 0 saturated carbocycles. The number of aromatic nitrogens is 1. The van der Waals surface area contributed by atoms with Crippen molar-refractivity contribution in [1.82, 2.24) is 4.98 Å². The van der Waals surface area contributed by atoms with Gasteiger partial charge >= 0.3 is 0 Å². The highest BCUT2D eigenvalue weighted by Crippen LogP contribution is 2.33. The number of methoxy groups -OCH3 is 1. The third-order valence-corrected chi connectivity index (χ3v) is 3.29. The summed E-state index contributed by atoms with van der Waals surface area (Å²) in [6.07, 6.45) is 2.39. The summed E-state index contributed by atoms with van der Waals surface area (Å²) in [5.74, 6) is 1.48. The first-order valence-electron chi connectivity index (χ1n) is 5.72. The Morgan fingerprint density at radius 1 is 1.31 bits per heavy atom. The molecule has 4 heteroatoms. The van der Waals surface area contributed by atoms with E-state index in [1.54, 1.807) is 13.2 Å². The number of nitrogens with zero attached hydrogens (tertiary/aromatic N) is 2. The number of ether oxygens (including phenoxy) is 1. The molecule has 16 heavy (non-hydrogen) atoms. The molecule has 4 nitrogen and oxygen atoms in total. The van der Waals surface area contributed by atoms with E-state index in [1.807, 2.05) is 6.07 Å². The average molecular weight is 221 g/mol. The molecule has 0 aliphatic carbocycles. The van der Waals surface area contributed by atoms with Gasteiger partial charge in [0.15, 0.2) is 5.82 Å². The number of anilines is 2. The number of nitrogens with two attached hydrogens (primary N) is 1. The van der Waals surface area contributed by atoms with Crippen LogP contribution in [-0.4, -0.2) is 24.2 Å². The van der Waals surface area contributed by atoms with E-state index in [0.717, 1.165) is 11.5 Å². The van der Waals surface area contributed by atoms with Gasteiger partial charge in [0.2, 0.25) is 5.88 Å². The van der Waals surface area contributed by atoms with Gasteiger partial charge in [0, 0.05) is 18.2 Å². The molecule has 0 spiro atoms. The monoisotopic (exact) mass is 221 g/mol. The topological polar surface area (TPSA) is 51.4 Å². The number of hydrogen-bond acceptors (Lipinski definition) is 4. The van der Waals surface area contributed by atoms with Gasteiger partial charge in [0.25, 0.3) is 0 Å². The molecule has 2 atom stereocenters. The minimum Gasteiger partial charge on any atom is -0.481 e. The summed E-state index contributed by atoms with van der Waals surface area (Å²) in [7, 11) is 1.62. The van der Waals surface area contributed by atoms with Gasteiger partial charge in [0.05, 0.1) is 12.8 Å². The van der Waals surface area contributed by atoms with E-state index in [4.69, 9.17) is 10.5 Å². The van der Waals surface area contributed by atoms with Gasteiger partial charge in [-0.1, -0.05) is 0 Å². The second kappa shape index (κ2) is 4.20. The molecule has 2 N–H and O–H groups in total. The second-order valence-corrected chi connectivity index (χ2v) is 4.45. The van der Waals surface area contributed by atoms with E-state index in [2.05, 4.69) is 23.7 Å². The van der Waals surface area contributed by atoms with Crippen LogP contribution >= 0.6 is 0 Å². The third kappa shape index (κ3) is 1.79. The van der Waals surface area contributed by atoms with Crippen molar-refractivity contribution in [2.75, 3.05) is 17.7 Å². The first-order chi connectivity index (χ1) is 7.63. The lowest BCUT2D eigenvalue weighted by Crippen LogP contribution is -2.34. The highest BCUT2D eigenvalue weighted by molar-refractivity contribution is 5.65. The third-order valence-electron chi connectivity index (χ3n) is 3.29. The van der Waals surface area contributed by atoms with Crippen molar-refractivity contribution in [2.24, 2.45) is 0 Å². The van der Waals surface area contributed by atoms with Gasteiger partial charge < -0.3 is 15.4 Å². The fourth-order valence-electron chi connectivity index (χ4n) is 2.37. The van der Waals surface area contributed by atoms with E-state index >= 15 is 0 Å². The molecule has 1 fully saturated rings. The van der Waals surface area contributed by atoms with Crippen molar-refractivity contribution in [3.63, 3.8) is 0 Å². The van der Waals surface area contributed by atoms with Gasteiger partial charge in [-0.15, -0.1) is 0 Å². The minimum absolute atomic E-state index is 0.497. The highest BCUT2D eigenvalue weighted by Gasteiger charge is 2.29. The number of nitrogen functional groups attached to an aromatic ring is 1. The van der Waals surface area contributed by atoms with Gasteiger partial charge in [-0.05, 0) is 32.8 Å². The van der Waals surface area contributed by atoms with E-state index in [9.17, 15) is 0 Å². The maximum absolute atomic E-state index is 5.99. The van der Waals surface area contributed by atoms with Gasteiger partial charge in [-0.3, -0.25) is 0 Å². The van der Waals surface area contributed by atoms with Crippen LogP contribution in [0.25, 0.3) is 0 Å². The Morgan fingerprint density at radius 3 is 2.50 bits per heavy atom. The van der Waals surface area contributed by atoms with Crippen LogP contribution in [0.2, 0.25) is 0 Å².